The van der Waals surface area contributed by atoms with Crippen molar-refractivity contribution in [2.45, 2.75) is 6.04 Å². The van der Waals surface area contributed by atoms with Crippen LogP contribution in [-0.2, 0) is 9.53 Å². The van der Waals surface area contributed by atoms with E-state index in [1.165, 1.54) is 4.90 Å². The minimum absolute atomic E-state index is 0.0584. The van der Waals surface area contributed by atoms with Crippen molar-refractivity contribution in [3.8, 4) is 0 Å². The summed E-state index contributed by atoms with van der Waals surface area (Å²) in [4.78, 5) is 37.3. The van der Waals surface area contributed by atoms with Gasteiger partial charge in [0, 0.05) is 45.6 Å². The number of carbonyl (C=O) groups is 2. The molecule has 0 saturated carbocycles. The molecule has 0 aliphatic carbocycles. The highest BCUT2D eigenvalue weighted by atomic mass is 16.6. The zero-order chi connectivity index (χ0) is 14.8. The van der Waals surface area contributed by atoms with Gasteiger partial charge < -0.3 is 14.5 Å². The number of rotatable bonds is 2. The number of amides is 2. The highest BCUT2D eigenvalue weighted by Gasteiger charge is 2.38. The third kappa shape index (κ3) is 2.61. The SMILES string of the molecule is CN1C(=O)OCC1C(=O)N1CCN(c2ncccn2)CC1. The van der Waals surface area contributed by atoms with E-state index in [2.05, 4.69) is 9.97 Å². The summed E-state index contributed by atoms with van der Waals surface area (Å²) in [6, 6.07) is 1.27. The lowest BCUT2D eigenvalue weighted by Crippen LogP contribution is -2.54. The normalized spacial score (nSPS) is 22.4. The lowest BCUT2D eigenvalue weighted by Gasteiger charge is -2.36. The van der Waals surface area contributed by atoms with E-state index in [1.54, 1.807) is 30.4 Å². The standard InChI is InChI=1S/C13H17N5O3/c1-16-10(9-21-13(16)20)11(19)17-5-7-18(8-6-17)12-14-3-2-4-15-12/h2-4,10H,5-9H2,1H3. The third-order valence-electron chi connectivity index (χ3n) is 3.83. The van der Waals surface area contributed by atoms with E-state index < -0.39 is 12.1 Å². The summed E-state index contributed by atoms with van der Waals surface area (Å²) in [6.45, 7) is 2.68. The van der Waals surface area contributed by atoms with Crippen LogP contribution < -0.4 is 4.90 Å². The molecule has 1 aromatic rings. The average molecular weight is 291 g/mol. The summed E-state index contributed by atoms with van der Waals surface area (Å²) in [5.74, 6) is 0.623. The fraction of sp³-hybridized carbons (Fsp3) is 0.538. The third-order valence-corrected chi connectivity index (χ3v) is 3.83. The molecule has 2 aliphatic rings. The van der Waals surface area contributed by atoms with Crippen LogP contribution in [0.5, 0.6) is 0 Å². The molecule has 1 unspecified atom stereocenters. The van der Waals surface area contributed by atoms with Gasteiger partial charge in [-0.05, 0) is 6.07 Å². The van der Waals surface area contributed by atoms with E-state index in [4.69, 9.17) is 4.74 Å². The number of aromatic nitrogens is 2. The van der Waals surface area contributed by atoms with Gasteiger partial charge in [0.1, 0.15) is 12.6 Å². The van der Waals surface area contributed by atoms with Gasteiger partial charge in [0.2, 0.25) is 11.9 Å². The van der Waals surface area contributed by atoms with Crippen LogP contribution >= 0.6 is 0 Å². The van der Waals surface area contributed by atoms with Crippen molar-refractivity contribution in [3.05, 3.63) is 18.5 Å². The quantitative estimate of drug-likeness (QED) is 0.736. The molecule has 3 rings (SSSR count). The topological polar surface area (TPSA) is 78.9 Å². The Morgan fingerprint density at radius 2 is 1.90 bits per heavy atom. The fourth-order valence-electron chi connectivity index (χ4n) is 2.52. The van der Waals surface area contributed by atoms with Crippen LogP contribution in [0.15, 0.2) is 18.5 Å². The molecule has 21 heavy (non-hydrogen) atoms. The first-order chi connectivity index (χ1) is 10.2. The lowest BCUT2D eigenvalue weighted by atomic mass is 10.2. The number of hydrogen-bond acceptors (Lipinski definition) is 6. The highest BCUT2D eigenvalue weighted by Crippen LogP contribution is 2.15. The van der Waals surface area contributed by atoms with Gasteiger partial charge in [-0.15, -0.1) is 0 Å². The lowest BCUT2D eigenvalue weighted by molar-refractivity contribution is -0.135. The summed E-state index contributed by atoms with van der Waals surface area (Å²) >= 11 is 0. The molecular formula is C13H17N5O3. The molecule has 8 heteroatoms. The summed E-state index contributed by atoms with van der Waals surface area (Å²) < 4.78 is 4.89. The minimum atomic E-state index is -0.503. The summed E-state index contributed by atoms with van der Waals surface area (Å²) in [7, 11) is 1.59. The Kier molecular flexibility index (Phi) is 3.59. The van der Waals surface area contributed by atoms with Crippen LogP contribution in [0.1, 0.15) is 0 Å². The van der Waals surface area contributed by atoms with Gasteiger partial charge in [0.25, 0.3) is 0 Å². The number of hydrogen-bond donors (Lipinski definition) is 0. The smallest absolute Gasteiger partial charge is 0.410 e. The molecule has 1 aromatic heterocycles. The van der Waals surface area contributed by atoms with Crippen molar-refractivity contribution in [2.75, 3.05) is 44.7 Å². The zero-order valence-electron chi connectivity index (χ0n) is 11.8. The Morgan fingerprint density at radius 3 is 2.48 bits per heavy atom. The molecular weight excluding hydrogens is 274 g/mol. The van der Waals surface area contributed by atoms with Crippen molar-refractivity contribution >= 4 is 17.9 Å². The van der Waals surface area contributed by atoms with E-state index in [9.17, 15) is 9.59 Å². The maximum Gasteiger partial charge on any atom is 0.410 e. The molecule has 0 bridgehead atoms. The monoisotopic (exact) mass is 291 g/mol. The first-order valence-corrected chi connectivity index (χ1v) is 6.87. The minimum Gasteiger partial charge on any atom is -0.447 e. The van der Waals surface area contributed by atoms with Gasteiger partial charge >= 0.3 is 6.09 Å². The van der Waals surface area contributed by atoms with E-state index in [-0.39, 0.29) is 12.5 Å². The molecule has 8 nitrogen and oxygen atoms in total. The van der Waals surface area contributed by atoms with Crippen molar-refractivity contribution < 1.29 is 14.3 Å². The molecule has 3 heterocycles. The number of carbonyl (C=O) groups excluding carboxylic acids is 2. The maximum atomic E-state index is 12.4. The van der Waals surface area contributed by atoms with Crippen molar-refractivity contribution in [3.63, 3.8) is 0 Å². The van der Waals surface area contributed by atoms with Crippen molar-refractivity contribution in [2.24, 2.45) is 0 Å². The van der Waals surface area contributed by atoms with Gasteiger partial charge in [0.05, 0.1) is 0 Å². The Hall–Kier alpha value is -2.38. The van der Waals surface area contributed by atoms with Crippen LogP contribution in [0, 0.1) is 0 Å². The van der Waals surface area contributed by atoms with Gasteiger partial charge in [0.15, 0.2) is 0 Å². The Morgan fingerprint density at radius 1 is 1.24 bits per heavy atom. The number of ether oxygens (including phenoxy) is 1. The molecule has 2 aliphatic heterocycles. The highest BCUT2D eigenvalue weighted by molar-refractivity contribution is 5.88. The average Bonchev–Trinajstić information content (AvgIpc) is 2.87. The van der Waals surface area contributed by atoms with Crippen LogP contribution in [0.3, 0.4) is 0 Å². The van der Waals surface area contributed by atoms with Crippen LogP contribution in [0.4, 0.5) is 10.7 Å². The number of piperazine rings is 1. The molecule has 1 atom stereocenters. The first kappa shape index (κ1) is 13.6. The molecule has 112 valence electrons. The molecule has 0 N–H and O–H groups in total. The number of likely N-dealkylation sites (N-methyl/N-ethyl adjacent to an activating group) is 1. The van der Waals surface area contributed by atoms with Crippen molar-refractivity contribution in [1.82, 2.24) is 19.8 Å². The predicted molar refractivity (Wildman–Crippen MR) is 73.7 cm³/mol. The van der Waals surface area contributed by atoms with Crippen molar-refractivity contribution in [1.29, 1.82) is 0 Å². The molecule has 0 aromatic carbocycles. The maximum absolute atomic E-state index is 12.4. The first-order valence-electron chi connectivity index (χ1n) is 6.87. The van der Waals surface area contributed by atoms with Crippen LogP contribution in [0.25, 0.3) is 0 Å². The van der Waals surface area contributed by atoms with Gasteiger partial charge in [-0.2, -0.15) is 0 Å². The summed E-state index contributed by atoms with van der Waals surface area (Å²) in [5, 5.41) is 0. The second kappa shape index (κ2) is 5.55. The van der Waals surface area contributed by atoms with Gasteiger partial charge in [-0.3, -0.25) is 9.69 Å². The number of cyclic esters (lactones) is 1. The van der Waals surface area contributed by atoms with E-state index in [1.807, 2.05) is 4.90 Å². The van der Waals surface area contributed by atoms with E-state index in [0.717, 1.165) is 0 Å². The number of anilines is 1. The summed E-state index contributed by atoms with van der Waals surface area (Å²) in [5.41, 5.74) is 0. The summed E-state index contributed by atoms with van der Waals surface area (Å²) in [6.07, 6.45) is 2.97. The molecule has 2 saturated heterocycles. The van der Waals surface area contributed by atoms with Crippen LogP contribution in [0.2, 0.25) is 0 Å². The Bertz CT molecular complexity index is 530. The Labute approximate surface area is 122 Å². The van der Waals surface area contributed by atoms with Gasteiger partial charge in [-0.1, -0.05) is 0 Å². The largest absolute Gasteiger partial charge is 0.447 e. The molecule has 2 fully saturated rings. The molecule has 0 spiro atoms. The zero-order valence-corrected chi connectivity index (χ0v) is 11.8. The number of nitrogens with zero attached hydrogens (tertiary/aromatic N) is 5. The Balaban J connectivity index is 1.58. The van der Waals surface area contributed by atoms with Crippen LogP contribution in [-0.4, -0.2) is 77.6 Å². The molecule has 0 radical (unpaired) electrons. The predicted octanol–water partition coefficient (Wildman–Crippen LogP) is -0.424. The second-order valence-electron chi connectivity index (χ2n) is 5.06. The second-order valence-corrected chi connectivity index (χ2v) is 5.06. The van der Waals surface area contributed by atoms with E-state index >= 15 is 0 Å². The van der Waals surface area contributed by atoms with Gasteiger partial charge in [-0.25, -0.2) is 14.8 Å². The fourth-order valence-corrected chi connectivity index (χ4v) is 2.52. The van der Waals surface area contributed by atoms with E-state index in [0.29, 0.717) is 32.1 Å². The molecule has 2 amide bonds.